The summed E-state index contributed by atoms with van der Waals surface area (Å²) in [6.07, 6.45) is 5.07. The molecule has 118 valence electrons. The largest absolute Gasteiger partial charge is 0.351 e. The molecular formula is C18H24N2O2. The number of aryl methyl sites for hydroxylation is 1. The first kappa shape index (κ1) is 15.1. The van der Waals surface area contributed by atoms with Gasteiger partial charge in [-0.3, -0.25) is 9.59 Å². The van der Waals surface area contributed by atoms with E-state index >= 15 is 0 Å². The van der Waals surface area contributed by atoms with E-state index in [4.69, 9.17) is 0 Å². The maximum absolute atomic E-state index is 12.4. The van der Waals surface area contributed by atoms with E-state index in [2.05, 4.69) is 17.4 Å². The third-order valence-corrected chi connectivity index (χ3v) is 4.82. The van der Waals surface area contributed by atoms with E-state index in [1.54, 1.807) is 0 Å². The van der Waals surface area contributed by atoms with Gasteiger partial charge < -0.3 is 10.2 Å². The average Bonchev–Trinajstić information content (AvgIpc) is 2.83. The van der Waals surface area contributed by atoms with Crippen LogP contribution in [-0.2, 0) is 16.0 Å². The summed E-state index contributed by atoms with van der Waals surface area (Å²) >= 11 is 0. The second kappa shape index (κ2) is 6.95. The van der Waals surface area contributed by atoms with Crippen LogP contribution >= 0.6 is 0 Å². The Kier molecular flexibility index (Phi) is 4.76. The number of hydrogen-bond donors (Lipinski definition) is 1. The van der Waals surface area contributed by atoms with E-state index in [0.29, 0.717) is 25.3 Å². The van der Waals surface area contributed by atoms with Crippen LogP contribution in [0, 0.1) is 5.92 Å². The number of fused-ring (bicyclic) bond motifs is 1. The number of rotatable bonds is 4. The lowest BCUT2D eigenvalue weighted by Crippen LogP contribution is -2.39. The van der Waals surface area contributed by atoms with Gasteiger partial charge in [-0.2, -0.15) is 0 Å². The Morgan fingerprint density at radius 1 is 1.23 bits per heavy atom. The molecule has 0 radical (unpaired) electrons. The Labute approximate surface area is 131 Å². The molecule has 0 spiro atoms. The van der Waals surface area contributed by atoms with Crippen LogP contribution in [0.5, 0.6) is 0 Å². The quantitative estimate of drug-likeness (QED) is 0.926. The van der Waals surface area contributed by atoms with Crippen molar-refractivity contribution in [2.24, 2.45) is 5.92 Å². The molecule has 3 rings (SSSR count). The van der Waals surface area contributed by atoms with Crippen molar-refractivity contribution in [1.82, 2.24) is 10.2 Å². The van der Waals surface area contributed by atoms with Gasteiger partial charge in [0, 0.05) is 25.9 Å². The van der Waals surface area contributed by atoms with Gasteiger partial charge in [-0.05, 0) is 37.2 Å². The third-order valence-electron chi connectivity index (χ3n) is 4.82. The number of nitrogens with one attached hydrogen (secondary N) is 1. The molecule has 4 nitrogen and oxygen atoms in total. The van der Waals surface area contributed by atoms with E-state index in [0.717, 1.165) is 32.2 Å². The van der Waals surface area contributed by atoms with E-state index in [1.165, 1.54) is 5.56 Å². The van der Waals surface area contributed by atoms with E-state index in [9.17, 15) is 9.59 Å². The van der Waals surface area contributed by atoms with E-state index in [-0.39, 0.29) is 17.9 Å². The van der Waals surface area contributed by atoms with Crippen LogP contribution < -0.4 is 5.32 Å². The molecule has 1 aromatic rings. The Morgan fingerprint density at radius 3 is 2.86 bits per heavy atom. The molecule has 2 amide bonds. The first-order chi connectivity index (χ1) is 10.7. The second-order valence-corrected chi connectivity index (χ2v) is 6.46. The van der Waals surface area contributed by atoms with Gasteiger partial charge in [-0.15, -0.1) is 0 Å². The fourth-order valence-electron chi connectivity index (χ4n) is 3.58. The molecule has 22 heavy (non-hydrogen) atoms. The van der Waals surface area contributed by atoms with Crippen LogP contribution in [0.15, 0.2) is 30.3 Å². The van der Waals surface area contributed by atoms with Gasteiger partial charge in [0.15, 0.2) is 0 Å². The maximum Gasteiger partial charge on any atom is 0.222 e. The highest BCUT2D eigenvalue weighted by molar-refractivity contribution is 5.78. The molecule has 1 N–H and O–H groups in total. The minimum absolute atomic E-state index is 0.144. The summed E-state index contributed by atoms with van der Waals surface area (Å²) in [6.45, 7) is 1.51. The Hall–Kier alpha value is -1.84. The number of hydrogen-bond acceptors (Lipinski definition) is 2. The van der Waals surface area contributed by atoms with Crippen molar-refractivity contribution in [3.8, 4) is 0 Å². The fraction of sp³-hybridized carbons (Fsp3) is 0.556. The number of benzene rings is 1. The second-order valence-electron chi connectivity index (χ2n) is 6.46. The molecule has 2 heterocycles. The van der Waals surface area contributed by atoms with Crippen LogP contribution in [0.25, 0.3) is 0 Å². The lowest BCUT2D eigenvalue weighted by atomic mass is 9.99. The molecule has 1 aromatic carbocycles. The van der Waals surface area contributed by atoms with Crippen molar-refractivity contribution in [2.75, 3.05) is 13.1 Å². The summed E-state index contributed by atoms with van der Waals surface area (Å²) in [7, 11) is 0. The molecule has 0 aliphatic carbocycles. The molecule has 2 aliphatic rings. The van der Waals surface area contributed by atoms with E-state index < -0.39 is 0 Å². The highest BCUT2D eigenvalue weighted by Gasteiger charge is 2.36. The third kappa shape index (κ3) is 3.67. The Bertz CT molecular complexity index is 529. The van der Waals surface area contributed by atoms with Crippen molar-refractivity contribution in [2.45, 2.75) is 44.6 Å². The van der Waals surface area contributed by atoms with Crippen molar-refractivity contribution < 1.29 is 9.59 Å². The lowest BCUT2D eigenvalue weighted by molar-refractivity contribution is -0.130. The maximum atomic E-state index is 12.4. The van der Waals surface area contributed by atoms with Crippen LogP contribution in [-0.4, -0.2) is 35.8 Å². The number of amides is 2. The van der Waals surface area contributed by atoms with Crippen molar-refractivity contribution >= 4 is 11.8 Å². The molecule has 2 fully saturated rings. The zero-order chi connectivity index (χ0) is 15.4. The number of carbonyl (C=O) groups is 2. The van der Waals surface area contributed by atoms with Gasteiger partial charge in [-0.1, -0.05) is 30.3 Å². The summed E-state index contributed by atoms with van der Waals surface area (Å²) in [6, 6.07) is 10.5. The van der Waals surface area contributed by atoms with E-state index in [1.807, 2.05) is 23.1 Å². The van der Waals surface area contributed by atoms with Gasteiger partial charge in [0.25, 0.3) is 0 Å². The van der Waals surface area contributed by atoms with Crippen molar-refractivity contribution in [3.63, 3.8) is 0 Å². The SMILES string of the molecule is O=C1CCCC2CN(C(=O)CCCc3ccccc3)CC2N1. The lowest BCUT2D eigenvalue weighted by Gasteiger charge is -2.17. The number of nitrogens with zero attached hydrogens (tertiary/aromatic N) is 1. The molecule has 2 unspecified atom stereocenters. The van der Waals surface area contributed by atoms with Crippen LogP contribution in [0.2, 0.25) is 0 Å². The summed E-state index contributed by atoms with van der Waals surface area (Å²) in [4.78, 5) is 25.9. The topological polar surface area (TPSA) is 49.4 Å². The molecule has 2 atom stereocenters. The predicted molar refractivity (Wildman–Crippen MR) is 85.2 cm³/mol. The predicted octanol–water partition coefficient (Wildman–Crippen LogP) is 2.14. The first-order valence-electron chi connectivity index (χ1n) is 8.33. The molecule has 0 saturated carbocycles. The molecule has 2 saturated heterocycles. The molecule has 2 aliphatic heterocycles. The van der Waals surface area contributed by atoms with Gasteiger partial charge in [0.05, 0.1) is 6.04 Å². The minimum atomic E-state index is 0.144. The van der Waals surface area contributed by atoms with Crippen LogP contribution in [0.3, 0.4) is 0 Å². The van der Waals surface area contributed by atoms with Gasteiger partial charge in [0.2, 0.25) is 11.8 Å². The van der Waals surface area contributed by atoms with Crippen molar-refractivity contribution in [1.29, 1.82) is 0 Å². The summed E-state index contributed by atoms with van der Waals surface area (Å²) in [5.74, 6) is 0.827. The monoisotopic (exact) mass is 300 g/mol. The normalized spacial score (nSPS) is 24.5. The molecular weight excluding hydrogens is 276 g/mol. The molecule has 0 bridgehead atoms. The van der Waals surface area contributed by atoms with Crippen LogP contribution in [0.1, 0.15) is 37.7 Å². The summed E-state index contributed by atoms with van der Waals surface area (Å²) in [5, 5.41) is 3.07. The summed E-state index contributed by atoms with van der Waals surface area (Å²) < 4.78 is 0. The standard InChI is InChI=1S/C18H24N2O2/c21-17-10-5-9-15-12-20(13-16(15)19-17)18(22)11-4-8-14-6-2-1-3-7-14/h1-3,6-7,15-16H,4-5,8-13H2,(H,19,21). The zero-order valence-corrected chi connectivity index (χ0v) is 13.0. The number of carbonyl (C=O) groups excluding carboxylic acids is 2. The van der Waals surface area contributed by atoms with Gasteiger partial charge >= 0.3 is 0 Å². The zero-order valence-electron chi connectivity index (χ0n) is 13.0. The summed E-state index contributed by atoms with van der Waals surface area (Å²) in [5.41, 5.74) is 1.29. The highest BCUT2D eigenvalue weighted by Crippen LogP contribution is 2.25. The Balaban J connectivity index is 1.46. The smallest absolute Gasteiger partial charge is 0.222 e. The Morgan fingerprint density at radius 2 is 2.05 bits per heavy atom. The van der Waals surface area contributed by atoms with Gasteiger partial charge in [0.1, 0.15) is 0 Å². The minimum Gasteiger partial charge on any atom is -0.351 e. The van der Waals surface area contributed by atoms with Crippen LogP contribution in [0.4, 0.5) is 0 Å². The fourth-order valence-corrected chi connectivity index (χ4v) is 3.58. The van der Waals surface area contributed by atoms with Crippen molar-refractivity contribution in [3.05, 3.63) is 35.9 Å². The molecule has 4 heteroatoms. The first-order valence-corrected chi connectivity index (χ1v) is 8.33. The molecule has 0 aromatic heterocycles. The number of likely N-dealkylation sites (tertiary alicyclic amines) is 1. The average molecular weight is 300 g/mol. The highest BCUT2D eigenvalue weighted by atomic mass is 16.2. The van der Waals surface area contributed by atoms with Gasteiger partial charge in [-0.25, -0.2) is 0 Å².